The van der Waals surface area contributed by atoms with Crippen LogP contribution in [0.15, 0.2) is 28.9 Å². The van der Waals surface area contributed by atoms with E-state index in [-0.39, 0.29) is 0 Å². The van der Waals surface area contributed by atoms with Crippen molar-refractivity contribution < 1.29 is 19.1 Å². The number of benzene rings is 1. The van der Waals surface area contributed by atoms with Crippen molar-refractivity contribution in [3.05, 3.63) is 35.1 Å². The Morgan fingerprint density at radius 3 is 2.72 bits per heavy atom. The maximum absolute atomic E-state index is 12.7. The van der Waals surface area contributed by atoms with Crippen molar-refractivity contribution in [3.8, 4) is 0 Å². The molecular weight excluding hydrogens is 338 g/mol. The van der Waals surface area contributed by atoms with Gasteiger partial charge in [0.15, 0.2) is 11.4 Å². The molecule has 0 unspecified atom stereocenters. The van der Waals surface area contributed by atoms with Crippen LogP contribution in [0.5, 0.6) is 0 Å². The maximum Gasteiger partial charge on any atom is 0.412 e. The highest BCUT2D eigenvalue weighted by atomic mass is 32.2. The molecule has 134 valence electrons. The molecule has 1 heterocycles. The minimum atomic E-state index is -0.794. The third-order valence-corrected chi connectivity index (χ3v) is 5.46. The van der Waals surface area contributed by atoms with Crippen LogP contribution in [0.4, 0.5) is 4.79 Å². The van der Waals surface area contributed by atoms with E-state index < -0.39 is 17.7 Å². The number of rotatable bonds is 4. The molecule has 0 saturated heterocycles. The minimum Gasteiger partial charge on any atom is -0.447 e. The molecule has 1 N–H and O–H groups in total. The number of hydrogen-bond donors (Lipinski definition) is 1. The number of carbonyl (C=O) groups excluding carboxylic acids is 2. The first kappa shape index (κ1) is 17.9. The Bertz CT molecular complexity index is 735. The summed E-state index contributed by atoms with van der Waals surface area (Å²) in [6, 6.07) is 5.90. The second-order valence-corrected chi connectivity index (χ2v) is 7.27. The Labute approximate surface area is 152 Å². The predicted octanol–water partition coefficient (Wildman–Crippen LogP) is 4.04. The second kappa shape index (κ2) is 7.12. The predicted molar refractivity (Wildman–Crippen MR) is 97.3 cm³/mol. The maximum atomic E-state index is 12.7. The zero-order valence-electron chi connectivity index (χ0n) is 14.8. The van der Waals surface area contributed by atoms with Crippen LogP contribution in [0.1, 0.15) is 43.7 Å². The van der Waals surface area contributed by atoms with Crippen molar-refractivity contribution in [1.29, 1.82) is 0 Å². The van der Waals surface area contributed by atoms with Crippen LogP contribution in [0, 0.1) is 6.92 Å². The van der Waals surface area contributed by atoms with Gasteiger partial charge in [-0.3, -0.25) is 0 Å². The van der Waals surface area contributed by atoms with E-state index in [4.69, 9.17) is 9.47 Å². The summed E-state index contributed by atoms with van der Waals surface area (Å²) >= 11 is 1.56. The zero-order valence-corrected chi connectivity index (χ0v) is 15.6. The molecule has 1 aromatic rings. The van der Waals surface area contributed by atoms with Gasteiger partial charge in [0.1, 0.15) is 5.57 Å². The molecule has 5 nitrogen and oxygen atoms in total. The summed E-state index contributed by atoms with van der Waals surface area (Å²) < 4.78 is 11.4. The molecule has 25 heavy (non-hydrogen) atoms. The lowest BCUT2D eigenvalue weighted by Crippen LogP contribution is -2.33. The zero-order chi connectivity index (χ0) is 18.0. The van der Waals surface area contributed by atoms with Crippen LogP contribution in [0.2, 0.25) is 0 Å². The van der Waals surface area contributed by atoms with Crippen LogP contribution in [0.25, 0.3) is 5.57 Å². The number of hydrogen-bond acceptors (Lipinski definition) is 5. The van der Waals surface area contributed by atoms with Gasteiger partial charge in [-0.2, -0.15) is 0 Å². The highest BCUT2D eigenvalue weighted by Crippen LogP contribution is 2.49. The molecule has 1 spiro atoms. The Morgan fingerprint density at radius 2 is 2.08 bits per heavy atom. The van der Waals surface area contributed by atoms with Gasteiger partial charge in [0.05, 0.1) is 0 Å². The molecule has 3 rings (SSSR count). The van der Waals surface area contributed by atoms with Crippen molar-refractivity contribution in [2.45, 2.75) is 50.0 Å². The van der Waals surface area contributed by atoms with Gasteiger partial charge < -0.3 is 14.8 Å². The molecule has 1 aliphatic carbocycles. The first-order valence-corrected chi connectivity index (χ1v) is 9.82. The standard InChI is InChI=1S/C19H23NO4S/c1-4-20-18(22)23-16-15(13-8-7-12(2)11-14(13)25-3)17(21)24-19(16)9-5-6-10-19/h7-8,11H,4-6,9-10H2,1-3H3,(H,20,22). The number of aryl methyl sites for hydroxylation is 1. The van der Waals surface area contributed by atoms with Gasteiger partial charge in [0.25, 0.3) is 0 Å². The van der Waals surface area contributed by atoms with Crippen LogP contribution in [-0.2, 0) is 14.3 Å². The lowest BCUT2D eigenvalue weighted by molar-refractivity contribution is -0.146. The van der Waals surface area contributed by atoms with Gasteiger partial charge in [-0.25, -0.2) is 9.59 Å². The van der Waals surface area contributed by atoms with Gasteiger partial charge in [0.2, 0.25) is 0 Å². The fourth-order valence-electron chi connectivity index (χ4n) is 3.52. The van der Waals surface area contributed by atoms with Gasteiger partial charge in [-0.1, -0.05) is 12.1 Å². The topological polar surface area (TPSA) is 64.6 Å². The van der Waals surface area contributed by atoms with E-state index in [9.17, 15) is 9.59 Å². The number of thioether (sulfide) groups is 1. The Morgan fingerprint density at radius 1 is 1.36 bits per heavy atom. The smallest absolute Gasteiger partial charge is 0.412 e. The van der Waals surface area contributed by atoms with Crippen molar-refractivity contribution >= 4 is 29.4 Å². The number of amides is 1. The summed E-state index contributed by atoms with van der Waals surface area (Å²) in [6.45, 7) is 4.29. The van der Waals surface area contributed by atoms with E-state index in [1.807, 2.05) is 38.3 Å². The van der Waals surface area contributed by atoms with Crippen molar-refractivity contribution in [2.75, 3.05) is 12.8 Å². The van der Waals surface area contributed by atoms with E-state index in [1.165, 1.54) is 0 Å². The molecule has 0 radical (unpaired) electrons. The average molecular weight is 361 g/mol. The average Bonchev–Trinajstić information content (AvgIpc) is 3.14. The minimum absolute atomic E-state index is 0.375. The molecule has 0 bridgehead atoms. The lowest BCUT2D eigenvalue weighted by atomic mass is 9.95. The lowest BCUT2D eigenvalue weighted by Gasteiger charge is -2.24. The molecule has 1 amide bonds. The van der Waals surface area contributed by atoms with Crippen molar-refractivity contribution in [3.63, 3.8) is 0 Å². The summed E-state index contributed by atoms with van der Waals surface area (Å²) in [5.74, 6) is -0.0274. The quantitative estimate of drug-likeness (QED) is 0.647. The fourth-order valence-corrected chi connectivity index (χ4v) is 4.22. The molecule has 0 aromatic heterocycles. The molecule has 1 fully saturated rings. The Kier molecular flexibility index (Phi) is 5.08. The monoisotopic (exact) mass is 361 g/mol. The third-order valence-electron chi connectivity index (χ3n) is 4.69. The number of carbonyl (C=O) groups is 2. The molecular formula is C19H23NO4S. The van der Waals surface area contributed by atoms with Crippen LogP contribution in [-0.4, -0.2) is 30.5 Å². The first-order valence-electron chi connectivity index (χ1n) is 8.59. The van der Waals surface area contributed by atoms with Gasteiger partial charge in [0, 0.05) is 17.0 Å². The number of ether oxygens (including phenoxy) is 2. The number of nitrogens with one attached hydrogen (secondary N) is 1. The molecule has 1 aliphatic heterocycles. The van der Waals surface area contributed by atoms with Crippen LogP contribution < -0.4 is 5.32 Å². The van der Waals surface area contributed by atoms with Crippen molar-refractivity contribution in [1.82, 2.24) is 5.32 Å². The summed E-state index contributed by atoms with van der Waals surface area (Å²) in [5, 5.41) is 2.64. The highest BCUT2D eigenvalue weighted by Gasteiger charge is 2.52. The summed E-state index contributed by atoms with van der Waals surface area (Å²) in [6.07, 6.45) is 4.71. The molecule has 2 aliphatic rings. The SMILES string of the molecule is CCNC(=O)OC1=C(c2ccc(C)cc2SC)C(=O)OC12CCCC2. The first-order chi connectivity index (χ1) is 12.0. The van der Waals surface area contributed by atoms with E-state index in [1.54, 1.807) is 11.8 Å². The molecule has 1 saturated carbocycles. The number of esters is 1. The third kappa shape index (κ3) is 3.27. The highest BCUT2D eigenvalue weighted by molar-refractivity contribution is 7.98. The van der Waals surface area contributed by atoms with Crippen LogP contribution >= 0.6 is 11.8 Å². The van der Waals surface area contributed by atoms with Gasteiger partial charge in [-0.05, 0) is 57.4 Å². The summed E-state index contributed by atoms with van der Waals surface area (Å²) in [5.41, 5.74) is 1.48. The van der Waals surface area contributed by atoms with E-state index in [0.29, 0.717) is 30.7 Å². The summed E-state index contributed by atoms with van der Waals surface area (Å²) in [7, 11) is 0. The van der Waals surface area contributed by atoms with Crippen molar-refractivity contribution in [2.24, 2.45) is 0 Å². The summed E-state index contributed by atoms with van der Waals surface area (Å²) in [4.78, 5) is 25.8. The van der Waals surface area contributed by atoms with E-state index in [2.05, 4.69) is 5.32 Å². The Balaban J connectivity index is 2.13. The fraction of sp³-hybridized carbons (Fsp3) is 0.474. The number of alkyl carbamates (subject to hydrolysis) is 1. The van der Waals surface area contributed by atoms with E-state index in [0.717, 1.165) is 28.9 Å². The van der Waals surface area contributed by atoms with E-state index >= 15 is 0 Å². The van der Waals surface area contributed by atoms with Gasteiger partial charge >= 0.3 is 12.1 Å². The largest absolute Gasteiger partial charge is 0.447 e. The van der Waals surface area contributed by atoms with Crippen LogP contribution in [0.3, 0.4) is 0 Å². The Hall–Kier alpha value is -1.95. The molecule has 1 aromatic carbocycles. The normalized spacial score (nSPS) is 18.6. The van der Waals surface area contributed by atoms with Gasteiger partial charge in [-0.15, -0.1) is 11.8 Å². The second-order valence-electron chi connectivity index (χ2n) is 6.42. The molecule has 6 heteroatoms. The molecule has 0 atom stereocenters.